The van der Waals surface area contributed by atoms with E-state index in [-0.39, 0.29) is 0 Å². The monoisotopic (exact) mass is 282 g/mol. The van der Waals surface area contributed by atoms with Gasteiger partial charge in [-0.1, -0.05) is 23.7 Å². The topological polar surface area (TPSA) is 38.9 Å². The highest BCUT2D eigenvalue weighted by Gasteiger charge is 2.02. The van der Waals surface area contributed by atoms with Crippen LogP contribution in [0, 0.1) is 0 Å². The highest BCUT2D eigenvalue weighted by atomic mass is 79.9. The molecule has 15 heavy (non-hydrogen) atoms. The summed E-state index contributed by atoms with van der Waals surface area (Å²) >= 11 is 9.17. The van der Waals surface area contributed by atoms with Crippen molar-refractivity contribution in [2.45, 2.75) is 0 Å². The molecule has 0 amide bonds. The maximum Gasteiger partial charge on any atom is 0.0714 e. The molecule has 0 saturated carbocycles. The molecule has 0 bridgehead atoms. The summed E-state index contributed by atoms with van der Waals surface area (Å²) in [5, 5.41) is 0.716. The Kier molecular flexibility index (Phi) is 2.93. The molecular weight excluding hydrogens is 275 g/mol. The Morgan fingerprint density at radius 3 is 2.47 bits per heavy atom. The van der Waals surface area contributed by atoms with Gasteiger partial charge in [-0.15, -0.1) is 0 Å². The van der Waals surface area contributed by atoms with Crippen molar-refractivity contribution in [1.29, 1.82) is 0 Å². The first-order valence-corrected chi connectivity index (χ1v) is 5.51. The van der Waals surface area contributed by atoms with Crippen LogP contribution in [0.2, 0.25) is 5.02 Å². The third kappa shape index (κ3) is 2.30. The number of nitrogens with two attached hydrogens (primary N) is 1. The first kappa shape index (κ1) is 10.5. The lowest BCUT2D eigenvalue weighted by Gasteiger charge is -2.03. The molecule has 0 spiro atoms. The lowest BCUT2D eigenvalue weighted by molar-refractivity contribution is 1.32. The quantitative estimate of drug-likeness (QED) is 0.866. The average molecular weight is 284 g/mol. The fourth-order valence-electron chi connectivity index (χ4n) is 1.22. The highest BCUT2D eigenvalue weighted by Crippen LogP contribution is 2.25. The molecule has 0 atom stereocenters. The van der Waals surface area contributed by atoms with Gasteiger partial charge < -0.3 is 5.73 Å². The molecule has 0 aliphatic rings. The molecule has 2 rings (SSSR count). The second kappa shape index (κ2) is 4.21. The normalized spacial score (nSPS) is 10.3. The lowest BCUT2D eigenvalue weighted by atomic mass is 10.1. The molecule has 0 aliphatic carbocycles. The maximum atomic E-state index is 5.81. The first-order chi connectivity index (χ1) is 7.16. The Balaban J connectivity index is 2.45. The van der Waals surface area contributed by atoms with Crippen molar-refractivity contribution in [3.63, 3.8) is 0 Å². The number of anilines is 1. The molecule has 0 fully saturated rings. The SMILES string of the molecule is Nc1cnc(-c2ccc(Cl)cc2)cc1Br. The summed E-state index contributed by atoms with van der Waals surface area (Å²) in [7, 11) is 0. The minimum absolute atomic E-state index is 0.632. The second-order valence-electron chi connectivity index (χ2n) is 3.10. The van der Waals surface area contributed by atoms with Crippen LogP contribution in [0.5, 0.6) is 0 Å². The molecular formula is C11H8BrClN2. The molecule has 0 unspecified atom stereocenters. The Hall–Kier alpha value is -1.06. The molecule has 0 aliphatic heterocycles. The van der Waals surface area contributed by atoms with Crippen molar-refractivity contribution in [2.75, 3.05) is 5.73 Å². The van der Waals surface area contributed by atoms with E-state index in [2.05, 4.69) is 20.9 Å². The van der Waals surface area contributed by atoms with Crippen LogP contribution in [0.25, 0.3) is 11.3 Å². The minimum Gasteiger partial charge on any atom is -0.397 e. The van der Waals surface area contributed by atoms with E-state index in [1.165, 1.54) is 0 Å². The van der Waals surface area contributed by atoms with Crippen molar-refractivity contribution < 1.29 is 0 Å². The lowest BCUT2D eigenvalue weighted by Crippen LogP contribution is -1.90. The molecule has 1 heterocycles. The summed E-state index contributed by atoms with van der Waals surface area (Å²) in [4.78, 5) is 4.24. The van der Waals surface area contributed by atoms with Crippen LogP contribution in [-0.4, -0.2) is 4.98 Å². The fourth-order valence-corrected chi connectivity index (χ4v) is 1.67. The third-order valence-electron chi connectivity index (χ3n) is 2.02. The number of hydrogen-bond donors (Lipinski definition) is 1. The predicted octanol–water partition coefficient (Wildman–Crippen LogP) is 3.75. The summed E-state index contributed by atoms with van der Waals surface area (Å²) in [6.07, 6.45) is 1.63. The standard InChI is InChI=1S/C11H8BrClN2/c12-9-5-11(15-6-10(9)14)7-1-3-8(13)4-2-7/h1-6H,14H2. The molecule has 2 N–H and O–H groups in total. The van der Waals surface area contributed by atoms with E-state index in [1.807, 2.05) is 30.3 Å². The van der Waals surface area contributed by atoms with Gasteiger partial charge >= 0.3 is 0 Å². The van der Waals surface area contributed by atoms with Gasteiger partial charge in [0.05, 0.1) is 17.6 Å². The maximum absolute atomic E-state index is 5.81. The van der Waals surface area contributed by atoms with Gasteiger partial charge in [-0.25, -0.2) is 0 Å². The van der Waals surface area contributed by atoms with Crippen LogP contribution in [0.1, 0.15) is 0 Å². The van der Waals surface area contributed by atoms with Crippen LogP contribution >= 0.6 is 27.5 Å². The summed E-state index contributed by atoms with van der Waals surface area (Å²) in [6.45, 7) is 0. The number of rotatable bonds is 1. The van der Waals surface area contributed by atoms with E-state index in [9.17, 15) is 0 Å². The van der Waals surface area contributed by atoms with Crippen LogP contribution in [-0.2, 0) is 0 Å². The van der Waals surface area contributed by atoms with Crippen molar-refractivity contribution in [3.8, 4) is 11.3 Å². The third-order valence-corrected chi connectivity index (χ3v) is 2.96. The van der Waals surface area contributed by atoms with Crippen molar-refractivity contribution in [3.05, 3.63) is 46.0 Å². The smallest absolute Gasteiger partial charge is 0.0714 e. The van der Waals surface area contributed by atoms with E-state index < -0.39 is 0 Å². The average Bonchev–Trinajstić information content (AvgIpc) is 2.23. The summed E-state index contributed by atoms with van der Waals surface area (Å²) in [5.41, 5.74) is 8.17. The van der Waals surface area contributed by atoms with E-state index in [0.717, 1.165) is 15.7 Å². The number of hydrogen-bond acceptors (Lipinski definition) is 2. The number of nitrogen functional groups attached to an aromatic ring is 1. The van der Waals surface area contributed by atoms with Gasteiger partial charge in [-0.3, -0.25) is 4.98 Å². The first-order valence-electron chi connectivity index (χ1n) is 4.34. The van der Waals surface area contributed by atoms with Gasteiger partial charge in [0, 0.05) is 15.1 Å². The summed E-state index contributed by atoms with van der Waals surface area (Å²) in [6, 6.07) is 9.41. The summed E-state index contributed by atoms with van der Waals surface area (Å²) in [5.74, 6) is 0. The molecule has 1 aromatic heterocycles. The number of nitrogens with zero attached hydrogens (tertiary/aromatic N) is 1. The van der Waals surface area contributed by atoms with E-state index in [0.29, 0.717) is 10.7 Å². The molecule has 2 nitrogen and oxygen atoms in total. The van der Waals surface area contributed by atoms with Crippen LogP contribution in [0.4, 0.5) is 5.69 Å². The zero-order chi connectivity index (χ0) is 10.8. The Labute approximate surface area is 101 Å². The highest BCUT2D eigenvalue weighted by molar-refractivity contribution is 9.10. The van der Waals surface area contributed by atoms with Crippen LogP contribution in [0.15, 0.2) is 41.0 Å². The fraction of sp³-hybridized carbons (Fsp3) is 0. The molecule has 0 radical (unpaired) electrons. The van der Waals surface area contributed by atoms with E-state index >= 15 is 0 Å². The summed E-state index contributed by atoms with van der Waals surface area (Å²) < 4.78 is 0.849. The van der Waals surface area contributed by atoms with Gasteiger partial charge in [0.15, 0.2) is 0 Å². The van der Waals surface area contributed by atoms with Gasteiger partial charge in [0.25, 0.3) is 0 Å². The largest absolute Gasteiger partial charge is 0.397 e. The molecule has 0 saturated heterocycles. The van der Waals surface area contributed by atoms with Gasteiger partial charge in [-0.05, 0) is 34.1 Å². The van der Waals surface area contributed by atoms with Crippen LogP contribution < -0.4 is 5.73 Å². The molecule has 2 aromatic rings. The van der Waals surface area contributed by atoms with Gasteiger partial charge in [-0.2, -0.15) is 0 Å². The van der Waals surface area contributed by atoms with E-state index in [4.69, 9.17) is 17.3 Å². The minimum atomic E-state index is 0.632. The Bertz CT molecular complexity index is 482. The molecule has 1 aromatic carbocycles. The number of benzene rings is 1. The van der Waals surface area contributed by atoms with Crippen LogP contribution in [0.3, 0.4) is 0 Å². The Morgan fingerprint density at radius 1 is 1.20 bits per heavy atom. The molecule has 76 valence electrons. The Morgan fingerprint density at radius 2 is 1.87 bits per heavy atom. The van der Waals surface area contributed by atoms with E-state index in [1.54, 1.807) is 6.20 Å². The second-order valence-corrected chi connectivity index (χ2v) is 4.39. The van der Waals surface area contributed by atoms with Gasteiger partial charge in [0.2, 0.25) is 0 Å². The van der Waals surface area contributed by atoms with Crippen molar-refractivity contribution >= 4 is 33.2 Å². The van der Waals surface area contributed by atoms with Gasteiger partial charge in [0.1, 0.15) is 0 Å². The van der Waals surface area contributed by atoms with Crippen molar-refractivity contribution in [1.82, 2.24) is 4.98 Å². The predicted molar refractivity (Wildman–Crippen MR) is 66.8 cm³/mol. The molecule has 4 heteroatoms. The zero-order valence-corrected chi connectivity index (χ0v) is 10.1. The zero-order valence-electron chi connectivity index (χ0n) is 7.74. The number of pyridine rings is 1. The number of aromatic nitrogens is 1. The number of halogens is 2. The van der Waals surface area contributed by atoms with Crippen molar-refractivity contribution in [2.24, 2.45) is 0 Å².